The van der Waals surface area contributed by atoms with Crippen molar-refractivity contribution in [3.63, 3.8) is 0 Å². The minimum atomic E-state index is -0.0325. The molecule has 0 aliphatic rings. The first-order chi connectivity index (χ1) is 6.61. The van der Waals surface area contributed by atoms with Gasteiger partial charge in [-0.05, 0) is 6.92 Å². The predicted molar refractivity (Wildman–Crippen MR) is 59.5 cm³/mol. The Morgan fingerprint density at radius 2 is 2.29 bits per heavy atom. The molecule has 0 aliphatic heterocycles. The molecule has 0 amide bonds. The Morgan fingerprint density at radius 1 is 1.64 bits per heavy atom. The predicted octanol–water partition coefficient (Wildman–Crippen LogP) is 1.97. The zero-order valence-electron chi connectivity index (χ0n) is 8.51. The maximum atomic E-state index is 11.2. The van der Waals surface area contributed by atoms with E-state index in [1.165, 1.54) is 18.3 Å². The van der Waals surface area contributed by atoms with E-state index in [0.717, 1.165) is 11.5 Å². The van der Waals surface area contributed by atoms with E-state index in [9.17, 15) is 4.79 Å². The Bertz CT molecular complexity index is 347. The molecule has 5 heteroatoms. The Kier molecular flexibility index (Phi) is 3.35. The second kappa shape index (κ2) is 4.32. The monoisotopic (exact) mass is 214 g/mol. The standard InChI is InChI=1S/C9H14N2O2S/c1-4-11-9-7(13-3)6(10)8(14-9)5(2)12/h11H,4,10H2,1-3H3. The van der Waals surface area contributed by atoms with Crippen LogP contribution in [0, 0.1) is 0 Å². The fraction of sp³-hybridized carbons (Fsp3) is 0.444. The van der Waals surface area contributed by atoms with Gasteiger partial charge in [-0.25, -0.2) is 0 Å². The van der Waals surface area contributed by atoms with Crippen molar-refractivity contribution in [2.45, 2.75) is 13.8 Å². The lowest BCUT2D eigenvalue weighted by Crippen LogP contribution is -1.98. The van der Waals surface area contributed by atoms with Gasteiger partial charge in [-0.15, -0.1) is 11.3 Å². The van der Waals surface area contributed by atoms with Crippen molar-refractivity contribution in [2.75, 3.05) is 24.7 Å². The highest BCUT2D eigenvalue weighted by Gasteiger charge is 2.18. The lowest BCUT2D eigenvalue weighted by molar-refractivity contribution is 0.102. The molecule has 0 spiro atoms. The van der Waals surface area contributed by atoms with Crippen LogP contribution in [0.1, 0.15) is 23.5 Å². The van der Waals surface area contributed by atoms with E-state index < -0.39 is 0 Å². The molecule has 0 fully saturated rings. The third kappa shape index (κ3) is 1.82. The number of anilines is 2. The van der Waals surface area contributed by atoms with Gasteiger partial charge in [0.2, 0.25) is 0 Å². The Hall–Kier alpha value is -1.23. The number of Topliss-reactive ketones (excluding diaryl/α,β-unsaturated/α-hetero) is 1. The smallest absolute Gasteiger partial charge is 0.176 e. The van der Waals surface area contributed by atoms with E-state index in [2.05, 4.69) is 5.32 Å². The first kappa shape index (κ1) is 10.8. The molecule has 0 aliphatic carbocycles. The van der Waals surface area contributed by atoms with Crippen LogP contribution in [0.5, 0.6) is 5.75 Å². The molecule has 0 saturated carbocycles. The van der Waals surface area contributed by atoms with Crippen LogP contribution in [0.4, 0.5) is 10.7 Å². The SMILES string of the molecule is CCNc1sc(C(C)=O)c(N)c1OC. The molecule has 0 aromatic carbocycles. The number of nitrogen functional groups attached to an aromatic ring is 1. The summed E-state index contributed by atoms with van der Waals surface area (Å²) in [6.45, 7) is 4.24. The van der Waals surface area contributed by atoms with Crippen molar-refractivity contribution in [3.8, 4) is 5.75 Å². The lowest BCUT2D eigenvalue weighted by Gasteiger charge is -2.03. The number of hydrogen-bond acceptors (Lipinski definition) is 5. The van der Waals surface area contributed by atoms with Crippen LogP contribution in [-0.4, -0.2) is 19.4 Å². The summed E-state index contributed by atoms with van der Waals surface area (Å²) in [5.74, 6) is 0.539. The number of carbonyl (C=O) groups is 1. The molecular weight excluding hydrogens is 200 g/mol. The number of rotatable bonds is 4. The summed E-state index contributed by atoms with van der Waals surface area (Å²) in [4.78, 5) is 11.8. The summed E-state index contributed by atoms with van der Waals surface area (Å²) in [5.41, 5.74) is 6.20. The topological polar surface area (TPSA) is 64.4 Å². The van der Waals surface area contributed by atoms with Crippen molar-refractivity contribution >= 4 is 27.8 Å². The van der Waals surface area contributed by atoms with E-state index in [0.29, 0.717) is 16.3 Å². The van der Waals surface area contributed by atoms with Crippen LogP contribution in [0.2, 0.25) is 0 Å². The average molecular weight is 214 g/mol. The van der Waals surface area contributed by atoms with E-state index in [-0.39, 0.29) is 5.78 Å². The molecule has 0 bridgehead atoms. The minimum absolute atomic E-state index is 0.0325. The molecule has 1 rings (SSSR count). The number of nitrogens with one attached hydrogen (secondary N) is 1. The number of ether oxygens (including phenoxy) is 1. The Morgan fingerprint density at radius 3 is 2.71 bits per heavy atom. The summed E-state index contributed by atoms with van der Waals surface area (Å²) in [7, 11) is 1.54. The highest BCUT2D eigenvalue weighted by molar-refractivity contribution is 7.19. The van der Waals surface area contributed by atoms with Crippen LogP contribution in [0.15, 0.2) is 0 Å². The van der Waals surface area contributed by atoms with Crippen molar-refractivity contribution in [1.82, 2.24) is 0 Å². The number of nitrogens with two attached hydrogens (primary N) is 1. The van der Waals surface area contributed by atoms with Gasteiger partial charge in [-0.1, -0.05) is 0 Å². The molecule has 0 atom stereocenters. The van der Waals surface area contributed by atoms with Crippen LogP contribution in [-0.2, 0) is 0 Å². The first-order valence-corrected chi connectivity index (χ1v) is 5.14. The van der Waals surface area contributed by atoms with Gasteiger partial charge in [-0.3, -0.25) is 4.79 Å². The summed E-state index contributed by atoms with van der Waals surface area (Å²) in [6.07, 6.45) is 0. The molecule has 1 aromatic heterocycles. The Labute approximate surface area is 87.1 Å². The fourth-order valence-corrected chi connectivity index (χ4v) is 2.22. The molecule has 0 radical (unpaired) electrons. The number of hydrogen-bond donors (Lipinski definition) is 2. The van der Waals surface area contributed by atoms with Gasteiger partial charge >= 0.3 is 0 Å². The maximum absolute atomic E-state index is 11.2. The van der Waals surface area contributed by atoms with Crippen molar-refractivity contribution < 1.29 is 9.53 Å². The molecule has 1 aromatic rings. The van der Waals surface area contributed by atoms with Crippen LogP contribution in [0.25, 0.3) is 0 Å². The summed E-state index contributed by atoms with van der Waals surface area (Å²) in [6, 6.07) is 0. The molecular formula is C9H14N2O2S. The highest BCUT2D eigenvalue weighted by Crippen LogP contribution is 2.42. The van der Waals surface area contributed by atoms with Crippen molar-refractivity contribution in [3.05, 3.63) is 4.88 Å². The van der Waals surface area contributed by atoms with Gasteiger partial charge in [0.05, 0.1) is 17.7 Å². The zero-order chi connectivity index (χ0) is 10.7. The summed E-state index contributed by atoms with van der Waals surface area (Å²) >= 11 is 1.33. The van der Waals surface area contributed by atoms with E-state index in [1.54, 1.807) is 7.11 Å². The summed E-state index contributed by atoms with van der Waals surface area (Å²) < 4.78 is 5.13. The third-order valence-electron chi connectivity index (χ3n) is 1.76. The molecule has 14 heavy (non-hydrogen) atoms. The second-order valence-corrected chi connectivity index (χ2v) is 3.81. The van der Waals surface area contributed by atoms with Gasteiger partial charge in [0.25, 0.3) is 0 Å². The normalized spacial score (nSPS) is 9.93. The summed E-state index contributed by atoms with van der Waals surface area (Å²) in [5, 5.41) is 3.92. The van der Waals surface area contributed by atoms with Gasteiger partial charge in [0, 0.05) is 13.5 Å². The van der Waals surface area contributed by atoms with Crippen LogP contribution in [0.3, 0.4) is 0 Å². The largest absolute Gasteiger partial charge is 0.492 e. The van der Waals surface area contributed by atoms with E-state index in [1.807, 2.05) is 6.92 Å². The number of carbonyl (C=O) groups excluding carboxylic acids is 1. The van der Waals surface area contributed by atoms with E-state index >= 15 is 0 Å². The van der Waals surface area contributed by atoms with Crippen molar-refractivity contribution in [2.24, 2.45) is 0 Å². The molecule has 0 unspecified atom stereocenters. The Balaban J connectivity index is 3.17. The molecule has 4 nitrogen and oxygen atoms in total. The molecule has 3 N–H and O–H groups in total. The van der Waals surface area contributed by atoms with Gasteiger partial charge in [0.1, 0.15) is 5.00 Å². The molecule has 0 saturated heterocycles. The van der Waals surface area contributed by atoms with Gasteiger partial charge < -0.3 is 15.8 Å². The first-order valence-electron chi connectivity index (χ1n) is 4.32. The van der Waals surface area contributed by atoms with Crippen molar-refractivity contribution in [1.29, 1.82) is 0 Å². The fourth-order valence-electron chi connectivity index (χ4n) is 1.17. The third-order valence-corrected chi connectivity index (χ3v) is 3.01. The van der Waals surface area contributed by atoms with Gasteiger partial charge in [-0.2, -0.15) is 0 Å². The average Bonchev–Trinajstić information content (AvgIpc) is 2.43. The van der Waals surface area contributed by atoms with Crippen LogP contribution < -0.4 is 15.8 Å². The molecule has 78 valence electrons. The van der Waals surface area contributed by atoms with Gasteiger partial charge in [0.15, 0.2) is 11.5 Å². The maximum Gasteiger partial charge on any atom is 0.176 e. The number of methoxy groups -OCH3 is 1. The number of ketones is 1. The molecule has 1 heterocycles. The lowest BCUT2D eigenvalue weighted by atomic mass is 10.3. The minimum Gasteiger partial charge on any atom is -0.492 e. The highest BCUT2D eigenvalue weighted by atomic mass is 32.1. The second-order valence-electron chi connectivity index (χ2n) is 2.79. The van der Waals surface area contributed by atoms with Crippen LogP contribution >= 0.6 is 11.3 Å². The zero-order valence-corrected chi connectivity index (χ0v) is 9.33. The van der Waals surface area contributed by atoms with E-state index in [4.69, 9.17) is 10.5 Å². The number of thiophene rings is 1. The quantitative estimate of drug-likeness (QED) is 0.752.